The molecule has 1 aromatic heterocycles. The first kappa shape index (κ1) is 16.2. The maximum Gasteiger partial charge on any atom is 0.179 e. The Kier molecular flexibility index (Phi) is 5.58. The lowest BCUT2D eigenvalue weighted by atomic mass is 10.2. The second-order valence-electron chi connectivity index (χ2n) is 5.69. The standard InChI is InChI=1S/C15H25N3O2S/c1-3-4-11-18(12-13-7-5-9-16-13)15-14(21(2,19)20)8-6-10-17-15/h6,8,10,13,16H,3-5,7,9,11-12H2,1-2H3. The second kappa shape index (κ2) is 7.22. The van der Waals surface area contributed by atoms with Gasteiger partial charge in [0.05, 0.1) is 0 Å². The van der Waals surface area contributed by atoms with E-state index in [1.54, 1.807) is 18.3 Å². The fourth-order valence-electron chi connectivity index (χ4n) is 2.72. The number of nitrogens with zero attached hydrogens (tertiary/aromatic N) is 2. The minimum absolute atomic E-state index is 0.333. The molecule has 1 unspecified atom stereocenters. The van der Waals surface area contributed by atoms with Crippen molar-refractivity contribution in [3.63, 3.8) is 0 Å². The summed E-state index contributed by atoms with van der Waals surface area (Å²) in [6.45, 7) is 4.85. The Balaban J connectivity index is 2.27. The van der Waals surface area contributed by atoms with E-state index in [9.17, 15) is 8.42 Å². The average molecular weight is 311 g/mol. The number of unbranched alkanes of at least 4 members (excludes halogenated alkanes) is 1. The number of hydrogen-bond acceptors (Lipinski definition) is 5. The Hall–Kier alpha value is -1.14. The number of hydrogen-bond donors (Lipinski definition) is 1. The van der Waals surface area contributed by atoms with Crippen LogP contribution in [0.25, 0.3) is 0 Å². The second-order valence-corrected chi connectivity index (χ2v) is 7.67. The highest BCUT2D eigenvalue weighted by atomic mass is 32.2. The minimum Gasteiger partial charge on any atom is -0.354 e. The molecule has 6 heteroatoms. The number of rotatable bonds is 7. The lowest BCUT2D eigenvalue weighted by molar-refractivity contribution is 0.564. The molecule has 1 aromatic rings. The highest BCUT2D eigenvalue weighted by molar-refractivity contribution is 7.90. The van der Waals surface area contributed by atoms with Gasteiger partial charge in [-0.2, -0.15) is 0 Å². The van der Waals surface area contributed by atoms with Gasteiger partial charge in [-0.25, -0.2) is 13.4 Å². The van der Waals surface area contributed by atoms with Crippen molar-refractivity contribution in [2.24, 2.45) is 0 Å². The molecular weight excluding hydrogens is 286 g/mol. The van der Waals surface area contributed by atoms with Gasteiger partial charge in [-0.3, -0.25) is 0 Å². The van der Waals surface area contributed by atoms with Crippen molar-refractivity contribution in [2.75, 3.05) is 30.8 Å². The lowest BCUT2D eigenvalue weighted by Crippen LogP contribution is -2.39. The molecule has 0 radical (unpaired) electrons. The van der Waals surface area contributed by atoms with Crippen molar-refractivity contribution >= 4 is 15.7 Å². The first-order valence-corrected chi connectivity index (χ1v) is 9.55. The summed E-state index contributed by atoms with van der Waals surface area (Å²) in [7, 11) is -3.26. The van der Waals surface area contributed by atoms with Gasteiger partial charge >= 0.3 is 0 Å². The maximum atomic E-state index is 12.0. The number of aromatic nitrogens is 1. The summed E-state index contributed by atoms with van der Waals surface area (Å²) in [6.07, 6.45) is 7.36. The van der Waals surface area contributed by atoms with Crippen LogP contribution in [0.5, 0.6) is 0 Å². The Bertz CT molecular complexity index is 554. The van der Waals surface area contributed by atoms with Gasteiger partial charge in [0.2, 0.25) is 0 Å². The van der Waals surface area contributed by atoms with E-state index in [0.717, 1.165) is 38.9 Å². The number of pyridine rings is 1. The third-order valence-corrected chi connectivity index (χ3v) is 4.95. The quantitative estimate of drug-likeness (QED) is 0.832. The van der Waals surface area contributed by atoms with Crippen LogP contribution < -0.4 is 10.2 Å². The molecule has 1 N–H and O–H groups in total. The molecule has 0 saturated carbocycles. The first-order chi connectivity index (χ1) is 10.0. The number of nitrogens with one attached hydrogen (secondary N) is 1. The molecule has 0 aromatic carbocycles. The van der Waals surface area contributed by atoms with Crippen molar-refractivity contribution < 1.29 is 8.42 Å². The Labute approximate surface area is 127 Å². The van der Waals surface area contributed by atoms with E-state index in [1.807, 2.05) is 0 Å². The van der Waals surface area contributed by atoms with E-state index in [1.165, 1.54) is 12.7 Å². The zero-order chi connectivity index (χ0) is 15.3. The molecule has 1 saturated heterocycles. The highest BCUT2D eigenvalue weighted by Crippen LogP contribution is 2.23. The number of anilines is 1. The zero-order valence-electron chi connectivity index (χ0n) is 12.9. The van der Waals surface area contributed by atoms with Crippen LogP contribution in [0.1, 0.15) is 32.6 Å². The van der Waals surface area contributed by atoms with Gasteiger partial charge in [-0.15, -0.1) is 0 Å². The van der Waals surface area contributed by atoms with E-state index < -0.39 is 9.84 Å². The first-order valence-electron chi connectivity index (χ1n) is 7.65. The van der Waals surface area contributed by atoms with E-state index in [2.05, 4.69) is 22.1 Å². The van der Waals surface area contributed by atoms with E-state index in [0.29, 0.717) is 16.8 Å². The summed E-state index contributed by atoms with van der Waals surface area (Å²) >= 11 is 0. The van der Waals surface area contributed by atoms with Crippen molar-refractivity contribution in [1.82, 2.24) is 10.3 Å². The molecule has 5 nitrogen and oxygen atoms in total. The predicted molar refractivity (Wildman–Crippen MR) is 85.5 cm³/mol. The molecule has 0 amide bonds. The van der Waals surface area contributed by atoms with Crippen LogP contribution in [0.2, 0.25) is 0 Å². The Morgan fingerprint density at radius 2 is 2.29 bits per heavy atom. The van der Waals surface area contributed by atoms with E-state index >= 15 is 0 Å². The molecule has 21 heavy (non-hydrogen) atoms. The molecule has 1 aliphatic rings. The zero-order valence-corrected chi connectivity index (χ0v) is 13.7. The molecule has 2 rings (SSSR count). The number of sulfone groups is 1. The van der Waals surface area contributed by atoms with Crippen LogP contribution in [-0.4, -0.2) is 45.3 Å². The van der Waals surface area contributed by atoms with Crippen LogP contribution >= 0.6 is 0 Å². The van der Waals surface area contributed by atoms with Crippen molar-refractivity contribution in [3.8, 4) is 0 Å². The molecule has 0 spiro atoms. The van der Waals surface area contributed by atoms with Crippen LogP contribution in [0.15, 0.2) is 23.2 Å². The van der Waals surface area contributed by atoms with Crippen LogP contribution in [-0.2, 0) is 9.84 Å². The van der Waals surface area contributed by atoms with Crippen LogP contribution in [0.4, 0.5) is 5.82 Å². The van der Waals surface area contributed by atoms with Crippen LogP contribution in [0.3, 0.4) is 0 Å². The average Bonchev–Trinajstić information content (AvgIpc) is 2.95. The molecule has 0 aliphatic carbocycles. The van der Waals surface area contributed by atoms with Gasteiger partial charge < -0.3 is 10.2 Å². The summed E-state index contributed by atoms with van der Waals surface area (Å²) in [5.74, 6) is 0.599. The largest absolute Gasteiger partial charge is 0.354 e. The van der Waals surface area contributed by atoms with Gasteiger partial charge in [0.25, 0.3) is 0 Å². The summed E-state index contributed by atoms with van der Waals surface area (Å²) in [5, 5.41) is 3.47. The van der Waals surface area contributed by atoms with Crippen molar-refractivity contribution in [3.05, 3.63) is 18.3 Å². The van der Waals surface area contributed by atoms with E-state index in [4.69, 9.17) is 0 Å². The van der Waals surface area contributed by atoms with Gasteiger partial charge in [0.1, 0.15) is 10.7 Å². The molecule has 1 atom stereocenters. The summed E-state index contributed by atoms with van der Waals surface area (Å²) < 4.78 is 24.0. The lowest BCUT2D eigenvalue weighted by Gasteiger charge is -2.28. The topological polar surface area (TPSA) is 62.3 Å². The molecule has 1 fully saturated rings. The fourth-order valence-corrected chi connectivity index (χ4v) is 3.56. The summed E-state index contributed by atoms with van der Waals surface area (Å²) in [5.41, 5.74) is 0. The van der Waals surface area contributed by atoms with E-state index in [-0.39, 0.29) is 0 Å². The molecular formula is C15H25N3O2S. The SMILES string of the molecule is CCCCN(CC1CCCN1)c1ncccc1S(C)(=O)=O. The molecule has 0 bridgehead atoms. The van der Waals surface area contributed by atoms with Gasteiger partial charge in [-0.1, -0.05) is 13.3 Å². The minimum atomic E-state index is -3.26. The predicted octanol–water partition coefficient (Wildman–Crippen LogP) is 1.84. The molecule has 2 heterocycles. The monoisotopic (exact) mass is 311 g/mol. The fraction of sp³-hybridized carbons (Fsp3) is 0.667. The normalized spacial score (nSPS) is 18.9. The molecule has 118 valence electrons. The molecule has 1 aliphatic heterocycles. The smallest absolute Gasteiger partial charge is 0.179 e. The summed E-state index contributed by atoms with van der Waals surface area (Å²) in [6, 6.07) is 3.76. The van der Waals surface area contributed by atoms with Gasteiger partial charge in [0, 0.05) is 31.6 Å². The third-order valence-electron chi connectivity index (χ3n) is 3.83. The summed E-state index contributed by atoms with van der Waals surface area (Å²) in [4.78, 5) is 6.82. The van der Waals surface area contributed by atoms with Crippen LogP contribution in [0, 0.1) is 0 Å². The Morgan fingerprint density at radius 3 is 2.90 bits per heavy atom. The van der Waals surface area contributed by atoms with Crippen molar-refractivity contribution in [1.29, 1.82) is 0 Å². The van der Waals surface area contributed by atoms with Gasteiger partial charge in [0.15, 0.2) is 9.84 Å². The Morgan fingerprint density at radius 1 is 1.48 bits per heavy atom. The maximum absolute atomic E-state index is 12.0. The van der Waals surface area contributed by atoms with Crippen molar-refractivity contribution in [2.45, 2.75) is 43.5 Å². The third kappa shape index (κ3) is 4.41. The highest BCUT2D eigenvalue weighted by Gasteiger charge is 2.23. The van der Waals surface area contributed by atoms with Gasteiger partial charge in [-0.05, 0) is 37.9 Å².